The molecule has 0 heterocycles. The molecule has 0 fully saturated rings. The zero-order valence-electron chi connectivity index (χ0n) is 53.9. The van der Waals surface area contributed by atoms with Crippen molar-refractivity contribution in [3.05, 3.63) is 48.6 Å². The van der Waals surface area contributed by atoms with E-state index in [1.54, 1.807) is 0 Å². The van der Waals surface area contributed by atoms with Gasteiger partial charge < -0.3 is 14.2 Å². The number of hydrogen-bond donors (Lipinski definition) is 0. The molecule has 0 bridgehead atoms. The summed E-state index contributed by atoms with van der Waals surface area (Å²) < 4.78 is 16.9. The van der Waals surface area contributed by atoms with E-state index in [1.165, 1.54) is 263 Å². The van der Waals surface area contributed by atoms with Crippen LogP contribution in [-0.2, 0) is 28.6 Å². The topological polar surface area (TPSA) is 78.9 Å². The van der Waals surface area contributed by atoms with Gasteiger partial charge in [-0.2, -0.15) is 0 Å². The van der Waals surface area contributed by atoms with E-state index < -0.39 is 6.10 Å². The molecule has 6 nitrogen and oxygen atoms in total. The number of ether oxygens (including phenoxy) is 3. The maximum atomic E-state index is 12.9. The molecule has 1 unspecified atom stereocenters. The van der Waals surface area contributed by atoms with Gasteiger partial charge in [-0.1, -0.05) is 339 Å². The van der Waals surface area contributed by atoms with Crippen molar-refractivity contribution in [1.29, 1.82) is 0 Å². The summed E-state index contributed by atoms with van der Waals surface area (Å²) in [5, 5.41) is 0. The number of carbonyl (C=O) groups excluding carboxylic acids is 3. The second-order valence-electron chi connectivity index (χ2n) is 24.1. The highest BCUT2D eigenvalue weighted by molar-refractivity contribution is 5.71. The lowest BCUT2D eigenvalue weighted by Gasteiger charge is -2.18. The van der Waals surface area contributed by atoms with Crippen LogP contribution in [0.1, 0.15) is 387 Å². The van der Waals surface area contributed by atoms with E-state index in [0.29, 0.717) is 19.3 Å². The normalized spacial score (nSPS) is 12.3. The molecule has 0 N–H and O–H groups in total. The molecule has 0 aliphatic carbocycles. The van der Waals surface area contributed by atoms with E-state index in [1.807, 2.05) is 0 Å². The lowest BCUT2D eigenvalue weighted by molar-refractivity contribution is -0.167. The molecule has 0 aromatic heterocycles. The number of esters is 3. The zero-order valence-corrected chi connectivity index (χ0v) is 53.9. The van der Waals surface area contributed by atoms with Gasteiger partial charge in [0, 0.05) is 19.3 Å². The number of unbranched alkanes of at least 4 members (excludes halogenated alkanes) is 47. The molecule has 0 spiro atoms. The first kappa shape index (κ1) is 77.4. The molecule has 80 heavy (non-hydrogen) atoms. The SMILES string of the molecule is CC/C=C\C/C=C\C/C=C\CCCCCCCCCC(=O)OC(COC(=O)CCCCCCCCCCCC)COC(=O)CCCCCCCCCCCCCCCCCCCCCCCCC/C=C\CCCCCCCCCC. The van der Waals surface area contributed by atoms with Crippen molar-refractivity contribution in [2.45, 2.75) is 393 Å². The van der Waals surface area contributed by atoms with Crippen molar-refractivity contribution in [2.24, 2.45) is 0 Å². The van der Waals surface area contributed by atoms with Crippen molar-refractivity contribution in [3.63, 3.8) is 0 Å². The van der Waals surface area contributed by atoms with Crippen LogP contribution in [-0.4, -0.2) is 37.2 Å². The minimum absolute atomic E-state index is 0.0723. The van der Waals surface area contributed by atoms with E-state index in [2.05, 4.69) is 69.4 Å². The Hall–Kier alpha value is -2.63. The number of allylic oxidation sites excluding steroid dienone is 8. The Morgan fingerprint density at radius 3 is 0.775 bits per heavy atom. The molecule has 0 aromatic rings. The second-order valence-corrected chi connectivity index (χ2v) is 24.1. The Morgan fingerprint density at radius 2 is 0.487 bits per heavy atom. The Balaban J connectivity index is 4.01. The van der Waals surface area contributed by atoms with Crippen LogP contribution >= 0.6 is 0 Å². The monoisotopic (exact) mass is 1120 g/mol. The van der Waals surface area contributed by atoms with Gasteiger partial charge in [0.1, 0.15) is 13.2 Å². The van der Waals surface area contributed by atoms with Crippen LogP contribution in [0.25, 0.3) is 0 Å². The number of rotatable bonds is 66. The first-order valence-corrected chi connectivity index (χ1v) is 35.6. The first-order valence-electron chi connectivity index (χ1n) is 35.6. The van der Waals surface area contributed by atoms with E-state index in [0.717, 1.165) is 83.5 Å². The van der Waals surface area contributed by atoms with Crippen LogP contribution in [0, 0.1) is 0 Å². The van der Waals surface area contributed by atoms with Gasteiger partial charge in [0.15, 0.2) is 6.10 Å². The fourth-order valence-corrected chi connectivity index (χ4v) is 10.8. The van der Waals surface area contributed by atoms with Crippen LogP contribution in [0.4, 0.5) is 0 Å². The number of carbonyl (C=O) groups is 3. The smallest absolute Gasteiger partial charge is 0.306 e. The van der Waals surface area contributed by atoms with Gasteiger partial charge in [0.25, 0.3) is 0 Å². The number of hydrogen-bond acceptors (Lipinski definition) is 6. The summed E-state index contributed by atoms with van der Waals surface area (Å²) in [5.74, 6) is -0.861. The Labute approximate surface area is 498 Å². The van der Waals surface area contributed by atoms with Gasteiger partial charge in [0.05, 0.1) is 0 Å². The van der Waals surface area contributed by atoms with Crippen molar-refractivity contribution in [3.8, 4) is 0 Å². The van der Waals surface area contributed by atoms with Gasteiger partial charge >= 0.3 is 17.9 Å². The fraction of sp³-hybridized carbons (Fsp3) is 0.851. The van der Waals surface area contributed by atoms with Gasteiger partial charge in [-0.25, -0.2) is 0 Å². The molecule has 6 heteroatoms. The van der Waals surface area contributed by atoms with Crippen molar-refractivity contribution < 1.29 is 28.6 Å². The summed E-state index contributed by atoms with van der Waals surface area (Å²) in [5.41, 5.74) is 0. The van der Waals surface area contributed by atoms with Crippen molar-refractivity contribution >= 4 is 17.9 Å². The molecule has 0 saturated heterocycles. The second kappa shape index (κ2) is 68.9. The summed E-state index contributed by atoms with van der Waals surface area (Å²) in [6.45, 7) is 6.56. The van der Waals surface area contributed by atoms with E-state index in [9.17, 15) is 14.4 Å². The summed E-state index contributed by atoms with van der Waals surface area (Å²) in [7, 11) is 0. The van der Waals surface area contributed by atoms with Gasteiger partial charge in [-0.15, -0.1) is 0 Å². The molecule has 0 saturated carbocycles. The highest BCUT2D eigenvalue weighted by Gasteiger charge is 2.19. The summed E-state index contributed by atoms with van der Waals surface area (Å²) in [4.78, 5) is 38.3. The lowest BCUT2D eigenvalue weighted by Crippen LogP contribution is -2.30. The van der Waals surface area contributed by atoms with Crippen LogP contribution in [0.3, 0.4) is 0 Å². The maximum Gasteiger partial charge on any atom is 0.306 e. The third-order valence-electron chi connectivity index (χ3n) is 16.1. The van der Waals surface area contributed by atoms with E-state index >= 15 is 0 Å². The van der Waals surface area contributed by atoms with Gasteiger partial charge in [-0.3, -0.25) is 14.4 Å². The van der Waals surface area contributed by atoms with Crippen LogP contribution < -0.4 is 0 Å². The molecule has 0 aliphatic heterocycles. The van der Waals surface area contributed by atoms with Crippen molar-refractivity contribution in [1.82, 2.24) is 0 Å². The first-order chi connectivity index (χ1) is 39.5. The average molecular weight is 1120 g/mol. The standard InChI is InChI=1S/C74H136O6/c1-4-7-10-13-16-19-22-24-26-28-29-30-31-32-33-34-35-36-37-38-39-40-41-42-43-44-45-47-48-50-52-55-58-61-64-67-73(76)79-70-71(69-78-72(75)66-63-60-57-54-21-18-15-12-9-6-3)80-74(77)68-65-62-59-56-53-51-49-46-27-25-23-20-17-14-11-8-5-2/h8,11,17,20,25,27-29,71H,4-7,9-10,12-16,18-19,21-24,26,30-70H2,1-3H3/b11-8-,20-17-,27-25-,29-28-. The zero-order chi connectivity index (χ0) is 57.8. The molecule has 1 atom stereocenters. The fourth-order valence-electron chi connectivity index (χ4n) is 10.8. The molecule has 0 radical (unpaired) electrons. The highest BCUT2D eigenvalue weighted by atomic mass is 16.6. The predicted molar refractivity (Wildman–Crippen MR) is 349 cm³/mol. The molecular formula is C74H136O6. The van der Waals surface area contributed by atoms with Crippen molar-refractivity contribution in [2.75, 3.05) is 13.2 Å². The molecule has 0 aromatic carbocycles. The Morgan fingerprint density at radius 1 is 0.263 bits per heavy atom. The molecule has 0 rings (SSSR count). The van der Waals surface area contributed by atoms with Crippen LogP contribution in [0.5, 0.6) is 0 Å². The van der Waals surface area contributed by atoms with E-state index in [-0.39, 0.29) is 31.1 Å². The van der Waals surface area contributed by atoms with Gasteiger partial charge in [-0.05, 0) is 77.0 Å². The summed E-state index contributed by atoms with van der Waals surface area (Å²) in [6, 6.07) is 0. The third-order valence-corrected chi connectivity index (χ3v) is 16.1. The minimum Gasteiger partial charge on any atom is -0.462 e. The molecular weight excluding hydrogens is 985 g/mol. The Bertz CT molecular complexity index is 1380. The maximum absolute atomic E-state index is 12.9. The Kier molecular flexibility index (Phi) is 66.6. The van der Waals surface area contributed by atoms with E-state index in [4.69, 9.17) is 14.2 Å². The third kappa shape index (κ3) is 66.2. The predicted octanol–water partition coefficient (Wildman–Crippen LogP) is 24.5. The average Bonchev–Trinajstić information content (AvgIpc) is 3.46. The van der Waals surface area contributed by atoms with Crippen LogP contribution in [0.2, 0.25) is 0 Å². The molecule has 468 valence electrons. The summed E-state index contributed by atoms with van der Waals surface area (Å²) >= 11 is 0. The largest absolute Gasteiger partial charge is 0.462 e. The quantitative estimate of drug-likeness (QED) is 0.0261. The molecule has 0 amide bonds. The highest BCUT2D eigenvalue weighted by Crippen LogP contribution is 2.18. The molecule has 0 aliphatic rings. The summed E-state index contributed by atoms with van der Waals surface area (Å²) in [6.07, 6.45) is 87.5. The van der Waals surface area contributed by atoms with Gasteiger partial charge in [0.2, 0.25) is 0 Å². The lowest BCUT2D eigenvalue weighted by atomic mass is 10.0. The van der Waals surface area contributed by atoms with Crippen LogP contribution in [0.15, 0.2) is 48.6 Å². The minimum atomic E-state index is -0.775.